The molecule has 0 saturated carbocycles. The fourth-order valence-electron chi connectivity index (χ4n) is 3.46. The van der Waals surface area contributed by atoms with Crippen LogP contribution in [0.25, 0.3) is 0 Å². The predicted octanol–water partition coefficient (Wildman–Crippen LogP) is 2.19. The molecule has 25 heavy (non-hydrogen) atoms. The Hall–Kier alpha value is -2.34. The fourth-order valence-corrected chi connectivity index (χ4v) is 3.46. The summed E-state index contributed by atoms with van der Waals surface area (Å²) in [5.74, 6) is 1.02. The zero-order valence-corrected chi connectivity index (χ0v) is 15.2. The van der Waals surface area contributed by atoms with Gasteiger partial charge in [-0.1, -0.05) is 30.3 Å². The molecule has 0 aliphatic carbocycles. The molecule has 1 saturated heterocycles. The number of amides is 1. The molecule has 3 rings (SSSR count). The van der Waals surface area contributed by atoms with Crippen LogP contribution in [0.15, 0.2) is 30.3 Å². The Morgan fingerprint density at radius 3 is 2.72 bits per heavy atom. The largest absolute Gasteiger partial charge is 0.481 e. The molecular weight excluding hydrogens is 316 g/mol. The molecule has 6 heteroatoms. The number of nitrogens with zero attached hydrogens (tertiary/aromatic N) is 3. The molecule has 1 atom stereocenters. The van der Waals surface area contributed by atoms with Crippen molar-refractivity contribution < 1.29 is 9.53 Å². The van der Waals surface area contributed by atoms with E-state index in [0.29, 0.717) is 19.5 Å². The van der Waals surface area contributed by atoms with E-state index in [2.05, 4.69) is 22.5 Å². The normalized spacial score (nSPS) is 15.6. The van der Waals surface area contributed by atoms with Crippen LogP contribution in [-0.2, 0) is 18.4 Å². The van der Waals surface area contributed by atoms with Gasteiger partial charge < -0.3 is 15.0 Å². The van der Waals surface area contributed by atoms with Gasteiger partial charge in [-0.05, 0) is 18.9 Å². The molecule has 0 radical (unpaired) electrons. The third-order valence-corrected chi connectivity index (χ3v) is 4.78. The average Bonchev–Trinajstić information content (AvgIpc) is 3.14. The molecule has 2 heterocycles. The lowest BCUT2D eigenvalue weighted by molar-refractivity contribution is -0.128. The van der Waals surface area contributed by atoms with Crippen LogP contribution in [0.2, 0.25) is 0 Å². The van der Waals surface area contributed by atoms with E-state index in [-0.39, 0.29) is 11.9 Å². The van der Waals surface area contributed by atoms with Gasteiger partial charge >= 0.3 is 0 Å². The molecule has 1 aliphatic heterocycles. The second kappa shape index (κ2) is 7.70. The topological polar surface area (TPSA) is 59.4 Å². The Morgan fingerprint density at radius 2 is 2.08 bits per heavy atom. The summed E-state index contributed by atoms with van der Waals surface area (Å²) in [6.07, 6.45) is 1.62. The minimum Gasteiger partial charge on any atom is -0.481 e. The molecule has 1 fully saturated rings. The molecule has 0 unspecified atom stereocenters. The number of aromatic nitrogens is 2. The highest BCUT2D eigenvalue weighted by atomic mass is 16.5. The summed E-state index contributed by atoms with van der Waals surface area (Å²) in [6, 6.07) is 10.4. The summed E-state index contributed by atoms with van der Waals surface area (Å²) in [5, 5.41) is 8.04. The first-order valence-electron chi connectivity index (χ1n) is 8.72. The van der Waals surface area contributed by atoms with Gasteiger partial charge in [0, 0.05) is 33.1 Å². The second-order valence-electron chi connectivity index (χ2n) is 6.48. The molecule has 1 aliphatic rings. The maximum Gasteiger partial charge on any atom is 0.222 e. The van der Waals surface area contributed by atoms with E-state index in [1.54, 1.807) is 11.8 Å². The maximum atomic E-state index is 12.0. The van der Waals surface area contributed by atoms with Crippen LogP contribution in [0.4, 0.5) is 0 Å². The number of rotatable bonds is 7. The van der Waals surface area contributed by atoms with Crippen LogP contribution in [0.3, 0.4) is 0 Å². The lowest BCUT2D eigenvalue weighted by Crippen LogP contribution is -2.35. The standard InChI is InChI=1S/C19H26N4O2/c1-14-16(19(25-3)22(2)21-14)12-20-17(15-8-5-4-6-9-15)13-23-11-7-10-18(23)24/h4-6,8-9,17,20H,7,10-13H2,1-3H3/t17-/m0/s1. The zero-order chi connectivity index (χ0) is 17.8. The molecule has 6 nitrogen and oxygen atoms in total. The van der Waals surface area contributed by atoms with Crippen LogP contribution in [0.1, 0.15) is 35.7 Å². The Labute approximate surface area is 148 Å². The Bertz CT molecular complexity index is 727. The van der Waals surface area contributed by atoms with Crippen molar-refractivity contribution in [2.75, 3.05) is 20.2 Å². The molecule has 134 valence electrons. The van der Waals surface area contributed by atoms with Gasteiger partial charge in [0.15, 0.2) is 0 Å². The van der Waals surface area contributed by atoms with E-state index in [1.165, 1.54) is 5.56 Å². The number of carbonyl (C=O) groups excluding carboxylic acids is 1. The summed E-state index contributed by atoms with van der Waals surface area (Å²) < 4.78 is 7.24. The number of ether oxygens (including phenoxy) is 1. The SMILES string of the molecule is COc1c(CN[C@@H](CN2CCCC2=O)c2ccccc2)c(C)nn1C. The van der Waals surface area contributed by atoms with Crippen molar-refractivity contribution in [1.29, 1.82) is 0 Å². The van der Waals surface area contributed by atoms with Gasteiger partial charge in [0.2, 0.25) is 11.8 Å². The van der Waals surface area contributed by atoms with Crippen LogP contribution >= 0.6 is 0 Å². The average molecular weight is 342 g/mol. The number of nitrogens with one attached hydrogen (secondary N) is 1. The first kappa shape index (κ1) is 17.5. The van der Waals surface area contributed by atoms with Crippen LogP contribution in [0, 0.1) is 6.92 Å². The highest BCUT2D eigenvalue weighted by Crippen LogP contribution is 2.23. The van der Waals surface area contributed by atoms with Gasteiger partial charge in [0.05, 0.1) is 24.4 Å². The van der Waals surface area contributed by atoms with Gasteiger partial charge in [-0.15, -0.1) is 0 Å². The van der Waals surface area contributed by atoms with Crippen molar-refractivity contribution >= 4 is 5.91 Å². The minimum atomic E-state index is 0.0764. The molecule has 0 bridgehead atoms. The van der Waals surface area contributed by atoms with E-state index in [4.69, 9.17) is 4.74 Å². The number of hydrogen-bond donors (Lipinski definition) is 1. The van der Waals surface area contributed by atoms with E-state index >= 15 is 0 Å². The quantitative estimate of drug-likeness (QED) is 0.838. The van der Waals surface area contributed by atoms with E-state index in [1.807, 2.05) is 37.1 Å². The highest BCUT2D eigenvalue weighted by Gasteiger charge is 2.25. The molecule has 1 amide bonds. The number of aryl methyl sites for hydroxylation is 2. The number of likely N-dealkylation sites (tertiary alicyclic amines) is 1. The first-order chi connectivity index (χ1) is 12.1. The van der Waals surface area contributed by atoms with E-state index in [9.17, 15) is 4.79 Å². The van der Waals surface area contributed by atoms with Crippen molar-refractivity contribution in [1.82, 2.24) is 20.0 Å². The van der Waals surface area contributed by atoms with Crippen LogP contribution in [0.5, 0.6) is 5.88 Å². The van der Waals surface area contributed by atoms with Crippen molar-refractivity contribution in [2.24, 2.45) is 7.05 Å². The first-order valence-corrected chi connectivity index (χ1v) is 8.72. The van der Waals surface area contributed by atoms with Crippen molar-refractivity contribution in [3.63, 3.8) is 0 Å². The van der Waals surface area contributed by atoms with Crippen molar-refractivity contribution in [3.8, 4) is 5.88 Å². The van der Waals surface area contributed by atoms with Gasteiger partial charge in [0.1, 0.15) is 0 Å². The molecule has 1 aromatic carbocycles. The summed E-state index contributed by atoms with van der Waals surface area (Å²) in [6.45, 7) is 4.16. The highest BCUT2D eigenvalue weighted by molar-refractivity contribution is 5.78. The molecular formula is C19H26N4O2. The van der Waals surface area contributed by atoms with Crippen LogP contribution in [-0.4, -0.2) is 40.8 Å². The predicted molar refractivity (Wildman–Crippen MR) is 96.3 cm³/mol. The molecule has 0 spiro atoms. The number of hydrogen-bond acceptors (Lipinski definition) is 4. The summed E-state index contributed by atoms with van der Waals surface area (Å²) in [5.41, 5.74) is 3.19. The Kier molecular flexibility index (Phi) is 5.38. The van der Waals surface area contributed by atoms with E-state index < -0.39 is 0 Å². The number of methoxy groups -OCH3 is 1. The Balaban J connectivity index is 1.77. The van der Waals surface area contributed by atoms with Gasteiger partial charge in [-0.2, -0.15) is 5.10 Å². The summed E-state index contributed by atoms with van der Waals surface area (Å²) in [4.78, 5) is 14.0. The second-order valence-corrected chi connectivity index (χ2v) is 6.48. The molecule has 2 aromatic rings. The monoisotopic (exact) mass is 342 g/mol. The summed E-state index contributed by atoms with van der Waals surface area (Å²) in [7, 11) is 3.55. The van der Waals surface area contributed by atoms with Gasteiger partial charge in [-0.25, -0.2) is 4.68 Å². The maximum absolute atomic E-state index is 12.0. The lowest BCUT2D eigenvalue weighted by Gasteiger charge is -2.25. The third kappa shape index (κ3) is 3.85. The number of benzene rings is 1. The molecule has 1 aromatic heterocycles. The van der Waals surface area contributed by atoms with Crippen molar-refractivity contribution in [3.05, 3.63) is 47.2 Å². The minimum absolute atomic E-state index is 0.0764. The van der Waals surface area contributed by atoms with Crippen LogP contribution < -0.4 is 10.1 Å². The van der Waals surface area contributed by atoms with Gasteiger partial charge in [-0.3, -0.25) is 4.79 Å². The van der Waals surface area contributed by atoms with Gasteiger partial charge in [0.25, 0.3) is 0 Å². The van der Waals surface area contributed by atoms with E-state index in [0.717, 1.165) is 30.1 Å². The molecule has 1 N–H and O–H groups in total. The fraction of sp³-hybridized carbons (Fsp3) is 0.474. The summed E-state index contributed by atoms with van der Waals surface area (Å²) >= 11 is 0. The number of carbonyl (C=O) groups is 1. The smallest absolute Gasteiger partial charge is 0.222 e. The lowest BCUT2D eigenvalue weighted by atomic mass is 10.1. The Morgan fingerprint density at radius 1 is 1.32 bits per heavy atom. The zero-order valence-electron chi connectivity index (χ0n) is 15.2. The van der Waals surface area contributed by atoms with Crippen molar-refractivity contribution in [2.45, 2.75) is 32.4 Å². The third-order valence-electron chi connectivity index (χ3n) is 4.78.